The molecule has 1 aliphatic rings. The Morgan fingerprint density at radius 2 is 1.63 bits per heavy atom. The van der Waals surface area contributed by atoms with Crippen molar-refractivity contribution >= 4 is 49.8 Å². The Balaban J connectivity index is 1.22. The number of aryl methyl sites for hydroxylation is 1. The van der Waals surface area contributed by atoms with Gasteiger partial charge >= 0.3 is 0 Å². The van der Waals surface area contributed by atoms with Gasteiger partial charge in [-0.2, -0.15) is 0 Å². The molecule has 38 heavy (non-hydrogen) atoms. The van der Waals surface area contributed by atoms with E-state index in [9.17, 15) is 18.0 Å². The Bertz CT molecular complexity index is 1640. The van der Waals surface area contributed by atoms with Crippen LogP contribution in [0.2, 0.25) is 5.02 Å². The summed E-state index contributed by atoms with van der Waals surface area (Å²) in [4.78, 5) is 27.9. The van der Waals surface area contributed by atoms with Crippen LogP contribution in [0.4, 0.5) is 5.69 Å². The molecule has 1 N–H and O–H groups in total. The molecular weight excluding hydrogens is 522 g/mol. The number of rotatable bonds is 5. The number of aromatic nitrogens is 1. The monoisotopic (exact) mass is 549 g/mol. The largest absolute Gasteiger partial charge is 0.340 e. The van der Waals surface area contributed by atoms with E-state index in [0.717, 1.165) is 35.6 Å². The number of anilines is 1. The first-order valence-corrected chi connectivity index (χ1v) is 14.6. The molecule has 4 aromatic rings. The number of halogens is 1. The maximum Gasteiger partial charge on any atom is 0.270 e. The quantitative estimate of drug-likeness (QED) is 0.355. The molecule has 7 nitrogen and oxygen atoms in total. The summed E-state index contributed by atoms with van der Waals surface area (Å²) in [6.45, 7) is 1.36. The highest BCUT2D eigenvalue weighted by Crippen LogP contribution is 2.30. The van der Waals surface area contributed by atoms with Crippen LogP contribution in [0, 0.1) is 0 Å². The number of piperidine rings is 1. The van der Waals surface area contributed by atoms with E-state index < -0.39 is 15.7 Å². The molecule has 3 aromatic carbocycles. The number of para-hydroxylation sites is 1. The van der Waals surface area contributed by atoms with Crippen LogP contribution in [-0.2, 0) is 16.9 Å². The summed E-state index contributed by atoms with van der Waals surface area (Å²) in [6, 6.07) is 21.6. The number of benzene rings is 3. The predicted molar refractivity (Wildman–Crippen MR) is 150 cm³/mol. The minimum absolute atomic E-state index is 0.0348. The Morgan fingerprint density at radius 3 is 2.29 bits per heavy atom. The third-order valence-corrected chi connectivity index (χ3v) is 8.64. The third kappa shape index (κ3) is 5.19. The van der Waals surface area contributed by atoms with Gasteiger partial charge in [0.25, 0.3) is 11.8 Å². The second-order valence-electron chi connectivity index (χ2n) is 9.70. The first-order valence-electron chi connectivity index (χ1n) is 12.4. The van der Waals surface area contributed by atoms with Crippen LogP contribution in [0.15, 0.2) is 77.7 Å². The summed E-state index contributed by atoms with van der Waals surface area (Å²) in [7, 11) is -1.54. The SMILES string of the molecule is Cn1c(C(=O)N2CCC(c3ccc(NC(=O)c4cc(S(C)(=O)=O)ccc4Cl)cc3)CC2)cc2ccccc21. The summed E-state index contributed by atoms with van der Waals surface area (Å²) in [5, 5.41) is 4.03. The van der Waals surface area contributed by atoms with Crippen LogP contribution in [0.1, 0.15) is 45.2 Å². The van der Waals surface area contributed by atoms with Crippen molar-refractivity contribution in [3.63, 3.8) is 0 Å². The molecule has 5 rings (SSSR count). The molecule has 0 radical (unpaired) electrons. The van der Waals surface area contributed by atoms with Gasteiger partial charge in [0.1, 0.15) is 5.69 Å². The molecule has 0 atom stereocenters. The number of nitrogens with zero attached hydrogens (tertiary/aromatic N) is 2. The van der Waals surface area contributed by atoms with Crippen molar-refractivity contribution in [1.82, 2.24) is 9.47 Å². The molecule has 1 fully saturated rings. The van der Waals surface area contributed by atoms with E-state index in [4.69, 9.17) is 11.6 Å². The topological polar surface area (TPSA) is 88.5 Å². The Hall–Kier alpha value is -3.62. The van der Waals surface area contributed by atoms with Crippen molar-refractivity contribution in [2.45, 2.75) is 23.7 Å². The van der Waals surface area contributed by atoms with Gasteiger partial charge in [-0.1, -0.05) is 41.9 Å². The smallest absolute Gasteiger partial charge is 0.270 e. The van der Waals surface area contributed by atoms with Gasteiger partial charge in [0.15, 0.2) is 9.84 Å². The van der Waals surface area contributed by atoms with Gasteiger partial charge in [0.05, 0.1) is 15.5 Å². The summed E-state index contributed by atoms with van der Waals surface area (Å²) < 4.78 is 25.7. The molecule has 2 amide bonds. The number of carbonyl (C=O) groups excluding carboxylic acids is 2. The van der Waals surface area contributed by atoms with Crippen LogP contribution >= 0.6 is 11.6 Å². The van der Waals surface area contributed by atoms with Crippen molar-refractivity contribution in [3.05, 3.63) is 94.6 Å². The minimum atomic E-state index is -3.46. The first-order chi connectivity index (χ1) is 18.1. The van der Waals surface area contributed by atoms with Gasteiger partial charge in [-0.05, 0) is 66.8 Å². The Labute approximate surface area is 226 Å². The van der Waals surface area contributed by atoms with Crippen molar-refractivity contribution in [1.29, 1.82) is 0 Å². The molecule has 1 aromatic heterocycles. The molecule has 9 heteroatoms. The zero-order chi connectivity index (χ0) is 27.0. The summed E-state index contributed by atoms with van der Waals surface area (Å²) in [6.07, 6.45) is 2.80. The normalized spacial score (nSPS) is 14.6. The molecular formula is C29H28ClN3O4S. The van der Waals surface area contributed by atoms with Crippen molar-refractivity contribution < 1.29 is 18.0 Å². The van der Waals surface area contributed by atoms with Crippen LogP contribution in [-0.4, -0.2) is 49.0 Å². The molecule has 0 aliphatic carbocycles. The fourth-order valence-corrected chi connectivity index (χ4v) is 5.87. The second kappa shape index (κ2) is 10.3. The minimum Gasteiger partial charge on any atom is -0.340 e. The first kappa shape index (κ1) is 26.0. The third-order valence-electron chi connectivity index (χ3n) is 7.20. The van der Waals surface area contributed by atoms with E-state index in [-0.39, 0.29) is 21.4 Å². The van der Waals surface area contributed by atoms with E-state index in [0.29, 0.717) is 30.4 Å². The van der Waals surface area contributed by atoms with Crippen molar-refractivity contribution in [3.8, 4) is 0 Å². The number of hydrogen-bond donors (Lipinski definition) is 1. The summed E-state index contributed by atoms with van der Waals surface area (Å²) >= 11 is 6.15. The van der Waals surface area contributed by atoms with Crippen LogP contribution in [0.3, 0.4) is 0 Å². The number of fused-ring (bicyclic) bond motifs is 1. The van der Waals surface area contributed by atoms with Gasteiger partial charge in [0, 0.05) is 43.0 Å². The van der Waals surface area contributed by atoms with Gasteiger partial charge in [-0.3, -0.25) is 9.59 Å². The number of amides is 2. The lowest BCUT2D eigenvalue weighted by Gasteiger charge is -2.32. The Morgan fingerprint density at radius 1 is 0.947 bits per heavy atom. The number of nitrogens with one attached hydrogen (secondary N) is 1. The fraction of sp³-hybridized carbons (Fsp3) is 0.241. The zero-order valence-corrected chi connectivity index (χ0v) is 22.7. The number of likely N-dealkylation sites (tertiary alicyclic amines) is 1. The standard InChI is InChI=1S/C29H28ClN3O4S/c1-32-26-6-4-3-5-21(26)17-27(32)29(35)33-15-13-20(14-16-33)19-7-9-22(10-8-19)31-28(34)24-18-23(38(2,36)37)11-12-25(24)30/h3-12,17-18,20H,13-16H2,1-2H3,(H,31,34). The maximum absolute atomic E-state index is 13.2. The van der Waals surface area contributed by atoms with Crippen molar-refractivity contribution in [2.24, 2.45) is 7.05 Å². The second-order valence-corrected chi connectivity index (χ2v) is 12.1. The molecule has 0 spiro atoms. The highest BCUT2D eigenvalue weighted by Gasteiger charge is 2.26. The molecule has 1 saturated heterocycles. The van der Waals surface area contributed by atoms with E-state index in [2.05, 4.69) is 5.32 Å². The number of hydrogen-bond acceptors (Lipinski definition) is 4. The summed E-state index contributed by atoms with van der Waals surface area (Å²) in [5.41, 5.74) is 3.58. The van der Waals surface area contributed by atoms with E-state index in [1.807, 2.05) is 71.1 Å². The Kier molecular flexibility index (Phi) is 7.03. The van der Waals surface area contributed by atoms with E-state index >= 15 is 0 Å². The average Bonchev–Trinajstić information content (AvgIpc) is 3.25. The van der Waals surface area contributed by atoms with Gasteiger partial charge in [0.2, 0.25) is 0 Å². The molecule has 0 saturated carbocycles. The number of sulfone groups is 1. The average molecular weight is 550 g/mol. The van der Waals surface area contributed by atoms with Gasteiger partial charge in [-0.15, -0.1) is 0 Å². The zero-order valence-electron chi connectivity index (χ0n) is 21.1. The highest BCUT2D eigenvalue weighted by molar-refractivity contribution is 7.90. The van der Waals surface area contributed by atoms with E-state index in [1.54, 1.807) is 0 Å². The van der Waals surface area contributed by atoms with Gasteiger partial charge < -0.3 is 14.8 Å². The lowest BCUT2D eigenvalue weighted by atomic mass is 9.89. The van der Waals surface area contributed by atoms with Crippen LogP contribution in [0.5, 0.6) is 0 Å². The molecule has 2 heterocycles. The lowest BCUT2D eigenvalue weighted by molar-refractivity contribution is 0.0703. The maximum atomic E-state index is 13.2. The van der Waals surface area contributed by atoms with Crippen molar-refractivity contribution in [2.75, 3.05) is 24.7 Å². The van der Waals surface area contributed by atoms with Gasteiger partial charge in [-0.25, -0.2) is 8.42 Å². The fourth-order valence-electron chi connectivity index (χ4n) is 5.02. The van der Waals surface area contributed by atoms with Crippen LogP contribution in [0.25, 0.3) is 10.9 Å². The molecule has 196 valence electrons. The highest BCUT2D eigenvalue weighted by atomic mass is 35.5. The summed E-state index contributed by atoms with van der Waals surface area (Å²) in [5.74, 6) is -0.107. The molecule has 1 aliphatic heterocycles. The lowest BCUT2D eigenvalue weighted by Crippen LogP contribution is -2.38. The van der Waals surface area contributed by atoms with Crippen LogP contribution < -0.4 is 5.32 Å². The molecule has 0 bridgehead atoms. The predicted octanol–water partition coefficient (Wildman–Crippen LogP) is 5.51. The molecule has 0 unspecified atom stereocenters. The number of carbonyl (C=O) groups is 2. The van der Waals surface area contributed by atoms with E-state index in [1.165, 1.54) is 18.2 Å².